The topological polar surface area (TPSA) is 76.1 Å². The number of nitrogens with zero attached hydrogens (tertiary/aromatic N) is 2. The van der Waals surface area contributed by atoms with Crippen LogP contribution >= 0.6 is 15.9 Å². The number of aromatic nitrogens is 2. The van der Waals surface area contributed by atoms with Gasteiger partial charge in [0.1, 0.15) is 21.8 Å². The van der Waals surface area contributed by atoms with Crippen molar-refractivity contribution in [1.29, 1.82) is 0 Å². The van der Waals surface area contributed by atoms with E-state index in [9.17, 15) is 4.79 Å². The average Bonchev–Trinajstić information content (AvgIpc) is 2.34. The summed E-state index contributed by atoms with van der Waals surface area (Å²) >= 11 is 3.41. The van der Waals surface area contributed by atoms with Gasteiger partial charge in [0.2, 0.25) is 0 Å². The predicted molar refractivity (Wildman–Crippen MR) is 95.8 cm³/mol. The Balaban J connectivity index is 2.39. The Bertz CT molecular complexity index is 536. The van der Waals surface area contributed by atoms with Crippen molar-refractivity contribution in [3.8, 4) is 0 Å². The van der Waals surface area contributed by atoms with E-state index >= 15 is 0 Å². The van der Waals surface area contributed by atoms with Gasteiger partial charge in [-0.15, -0.1) is 0 Å². The first kappa shape index (κ1) is 19.7. The van der Waals surface area contributed by atoms with Crippen LogP contribution in [0.25, 0.3) is 0 Å². The Kier molecular flexibility index (Phi) is 6.80. The lowest BCUT2D eigenvalue weighted by molar-refractivity contribution is 0.0528. The molecule has 0 unspecified atom stereocenters. The molecule has 1 amide bonds. The lowest BCUT2D eigenvalue weighted by atomic mass is 9.96. The summed E-state index contributed by atoms with van der Waals surface area (Å²) in [6.45, 7) is 13.0. The van der Waals surface area contributed by atoms with Gasteiger partial charge in [-0.25, -0.2) is 14.8 Å². The molecule has 0 aliphatic heterocycles. The summed E-state index contributed by atoms with van der Waals surface area (Å²) in [7, 11) is 0. The first-order chi connectivity index (χ1) is 10.5. The summed E-state index contributed by atoms with van der Waals surface area (Å²) < 4.78 is 5.93. The Labute approximate surface area is 146 Å². The van der Waals surface area contributed by atoms with Gasteiger partial charge in [-0.05, 0) is 43.1 Å². The largest absolute Gasteiger partial charge is 0.444 e. The summed E-state index contributed by atoms with van der Waals surface area (Å²) in [6, 6.07) is 1.84. The van der Waals surface area contributed by atoms with Gasteiger partial charge < -0.3 is 15.4 Å². The molecule has 23 heavy (non-hydrogen) atoms. The molecular weight excluding hydrogens is 360 g/mol. The minimum absolute atomic E-state index is 0.113. The molecule has 0 bridgehead atoms. The highest BCUT2D eigenvalue weighted by molar-refractivity contribution is 9.10. The number of nitrogens with one attached hydrogen (secondary N) is 2. The lowest BCUT2D eigenvalue weighted by Crippen LogP contribution is -2.33. The van der Waals surface area contributed by atoms with E-state index in [1.807, 2.05) is 26.8 Å². The van der Waals surface area contributed by atoms with Crippen molar-refractivity contribution in [2.45, 2.75) is 59.0 Å². The van der Waals surface area contributed by atoms with Gasteiger partial charge in [0.15, 0.2) is 0 Å². The number of hydrogen-bond donors (Lipinski definition) is 2. The fourth-order valence-corrected chi connectivity index (χ4v) is 2.04. The van der Waals surface area contributed by atoms with Gasteiger partial charge in [-0.2, -0.15) is 0 Å². The Morgan fingerprint density at radius 3 is 2.39 bits per heavy atom. The number of alkyl carbamates (subject to hydrolysis) is 1. The SMILES string of the molecule is CC(C)(C)OC(=O)NCCCNc1cc(Br)nc(C(C)(C)C)n1. The molecule has 130 valence electrons. The highest BCUT2D eigenvalue weighted by atomic mass is 79.9. The Hall–Kier alpha value is -1.37. The van der Waals surface area contributed by atoms with E-state index in [0.29, 0.717) is 13.1 Å². The van der Waals surface area contributed by atoms with Gasteiger partial charge in [0.05, 0.1) is 0 Å². The Morgan fingerprint density at radius 2 is 1.83 bits per heavy atom. The van der Waals surface area contributed by atoms with Crippen LogP contribution in [0.2, 0.25) is 0 Å². The van der Waals surface area contributed by atoms with Crippen molar-refractivity contribution in [3.05, 3.63) is 16.5 Å². The van der Waals surface area contributed by atoms with Crippen LogP contribution in [0.1, 0.15) is 53.8 Å². The fourth-order valence-electron chi connectivity index (χ4n) is 1.65. The zero-order chi connectivity index (χ0) is 17.7. The van der Waals surface area contributed by atoms with E-state index in [-0.39, 0.29) is 5.41 Å². The molecule has 0 fully saturated rings. The fraction of sp³-hybridized carbons (Fsp3) is 0.688. The van der Waals surface area contributed by atoms with E-state index in [1.165, 1.54) is 0 Å². The van der Waals surface area contributed by atoms with Crippen molar-refractivity contribution < 1.29 is 9.53 Å². The third-order valence-corrected chi connectivity index (χ3v) is 3.10. The van der Waals surface area contributed by atoms with Crippen LogP contribution in [-0.2, 0) is 10.2 Å². The van der Waals surface area contributed by atoms with E-state index in [2.05, 4.69) is 57.3 Å². The smallest absolute Gasteiger partial charge is 0.407 e. The minimum Gasteiger partial charge on any atom is -0.444 e. The third kappa shape index (κ3) is 8.16. The van der Waals surface area contributed by atoms with E-state index in [1.54, 1.807) is 0 Å². The van der Waals surface area contributed by atoms with Crippen molar-refractivity contribution in [1.82, 2.24) is 15.3 Å². The van der Waals surface area contributed by atoms with Crippen molar-refractivity contribution >= 4 is 27.8 Å². The highest BCUT2D eigenvalue weighted by Crippen LogP contribution is 2.22. The van der Waals surface area contributed by atoms with Crippen LogP contribution in [0.5, 0.6) is 0 Å². The lowest BCUT2D eigenvalue weighted by Gasteiger charge is -2.19. The number of carbonyl (C=O) groups excluding carboxylic acids is 1. The number of hydrogen-bond acceptors (Lipinski definition) is 5. The van der Waals surface area contributed by atoms with Gasteiger partial charge >= 0.3 is 6.09 Å². The molecular formula is C16H27BrN4O2. The zero-order valence-corrected chi connectivity index (χ0v) is 16.4. The molecule has 0 aliphatic carbocycles. The second-order valence-electron chi connectivity index (χ2n) is 7.36. The molecule has 0 saturated carbocycles. The molecule has 1 heterocycles. The summed E-state index contributed by atoms with van der Waals surface area (Å²) in [6.07, 6.45) is 0.378. The normalized spacial score (nSPS) is 12.0. The average molecular weight is 387 g/mol. The molecule has 6 nitrogen and oxygen atoms in total. The molecule has 0 saturated heterocycles. The number of amides is 1. The van der Waals surface area contributed by atoms with Crippen molar-refractivity contribution in [2.24, 2.45) is 0 Å². The van der Waals surface area contributed by atoms with Gasteiger partial charge in [-0.1, -0.05) is 20.8 Å². The summed E-state index contributed by atoms with van der Waals surface area (Å²) in [4.78, 5) is 20.4. The maximum absolute atomic E-state index is 11.5. The number of rotatable bonds is 5. The molecule has 1 aromatic heterocycles. The van der Waals surface area contributed by atoms with E-state index in [0.717, 1.165) is 22.7 Å². The molecule has 0 aromatic carbocycles. The van der Waals surface area contributed by atoms with Gasteiger partial charge in [0.25, 0.3) is 0 Å². The first-order valence-electron chi connectivity index (χ1n) is 7.73. The molecule has 0 atom stereocenters. The van der Waals surface area contributed by atoms with Crippen molar-refractivity contribution in [2.75, 3.05) is 18.4 Å². The molecule has 2 N–H and O–H groups in total. The number of halogens is 1. The van der Waals surface area contributed by atoms with Crippen LogP contribution in [0.3, 0.4) is 0 Å². The van der Waals surface area contributed by atoms with E-state index < -0.39 is 11.7 Å². The maximum atomic E-state index is 11.5. The van der Waals surface area contributed by atoms with Crippen LogP contribution in [0.4, 0.5) is 10.6 Å². The molecule has 0 radical (unpaired) electrons. The molecule has 0 spiro atoms. The van der Waals surface area contributed by atoms with Gasteiger partial charge in [-0.3, -0.25) is 0 Å². The summed E-state index contributed by atoms with van der Waals surface area (Å²) in [5, 5.41) is 5.98. The number of ether oxygens (including phenoxy) is 1. The predicted octanol–water partition coefficient (Wildman–Crippen LogP) is 3.86. The van der Waals surface area contributed by atoms with Crippen LogP contribution in [-0.4, -0.2) is 34.8 Å². The second-order valence-corrected chi connectivity index (χ2v) is 8.17. The molecule has 1 aromatic rings. The monoisotopic (exact) mass is 386 g/mol. The van der Waals surface area contributed by atoms with Crippen LogP contribution in [0.15, 0.2) is 10.7 Å². The minimum atomic E-state index is -0.473. The maximum Gasteiger partial charge on any atom is 0.407 e. The molecule has 0 aliphatic rings. The zero-order valence-electron chi connectivity index (χ0n) is 14.8. The third-order valence-electron chi connectivity index (χ3n) is 2.69. The number of anilines is 1. The molecule has 1 rings (SSSR count). The van der Waals surface area contributed by atoms with Crippen molar-refractivity contribution in [3.63, 3.8) is 0 Å². The van der Waals surface area contributed by atoms with Crippen LogP contribution in [0, 0.1) is 0 Å². The standard InChI is InChI=1S/C16H27BrN4O2/c1-15(2,3)13-20-11(17)10-12(21-13)18-8-7-9-19-14(22)23-16(4,5)6/h10H,7-9H2,1-6H3,(H,19,22)(H,18,20,21). The van der Waals surface area contributed by atoms with Crippen LogP contribution < -0.4 is 10.6 Å². The second kappa shape index (κ2) is 7.95. The highest BCUT2D eigenvalue weighted by Gasteiger charge is 2.18. The summed E-state index contributed by atoms with van der Waals surface area (Å²) in [5.74, 6) is 1.55. The first-order valence-corrected chi connectivity index (χ1v) is 8.52. The molecule has 7 heteroatoms. The van der Waals surface area contributed by atoms with Gasteiger partial charge in [0, 0.05) is 24.6 Å². The van der Waals surface area contributed by atoms with E-state index in [4.69, 9.17) is 4.74 Å². The number of carbonyl (C=O) groups is 1. The Morgan fingerprint density at radius 1 is 1.17 bits per heavy atom. The summed E-state index contributed by atoms with van der Waals surface area (Å²) in [5.41, 5.74) is -0.586. The quantitative estimate of drug-likeness (QED) is 0.593.